The van der Waals surface area contributed by atoms with E-state index in [4.69, 9.17) is 10.8 Å². The van der Waals surface area contributed by atoms with E-state index in [2.05, 4.69) is 0 Å². The van der Waals surface area contributed by atoms with E-state index in [-0.39, 0.29) is 23.0 Å². The van der Waals surface area contributed by atoms with Crippen molar-refractivity contribution in [3.63, 3.8) is 0 Å². The summed E-state index contributed by atoms with van der Waals surface area (Å²) in [6.07, 6.45) is 0. The summed E-state index contributed by atoms with van der Waals surface area (Å²) in [6, 6.07) is -0.229. The molecule has 1 unspecified atom stereocenters. The van der Waals surface area contributed by atoms with E-state index >= 15 is 0 Å². The first-order valence-corrected chi connectivity index (χ1v) is 5.54. The zero-order valence-corrected chi connectivity index (χ0v) is 9.06. The zero-order valence-electron chi connectivity index (χ0n) is 8.24. The summed E-state index contributed by atoms with van der Waals surface area (Å²) < 4.78 is 11.2. The van der Waals surface area contributed by atoms with Gasteiger partial charge in [-0.15, -0.1) is 0 Å². The Hall–Kier alpha value is -0.260. The summed E-state index contributed by atoms with van der Waals surface area (Å²) in [6.45, 7) is 5.82. The summed E-state index contributed by atoms with van der Waals surface area (Å²) in [7, 11) is 0. The number of hydrogen-bond acceptors (Lipinski definition) is 3. The van der Waals surface area contributed by atoms with Gasteiger partial charge < -0.3 is 15.4 Å². The molecule has 0 aliphatic heterocycles. The van der Waals surface area contributed by atoms with Crippen LogP contribution in [-0.2, 0) is 16.0 Å². The molecule has 0 aromatic carbocycles. The Balaban J connectivity index is 3.92. The maximum atomic E-state index is 11.2. The highest BCUT2D eigenvalue weighted by atomic mass is 32.2. The highest BCUT2D eigenvalue weighted by Gasteiger charge is 2.26. The highest BCUT2D eigenvalue weighted by Crippen LogP contribution is 2.18. The van der Waals surface area contributed by atoms with E-state index in [1.165, 1.54) is 0 Å². The van der Waals surface area contributed by atoms with Gasteiger partial charge in [0.05, 0.1) is 6.04 Å². The number of carboxylic acids is 1. The second-order valence-corrected chi connectivity index (χ2v) is 5.62. The third kappa shape index (κ3) is 5.90. The molecule has 0 aromatic heterocycles. The molecule has 3 N–H and O–H groups in total. The minimum atomic E-state index is -1.35. The molecule has 0 amide bonds. The van der Waals surface area contributed by atoms with Gasteiger partial charge in [0.2, 0.25) is 5.75 Å². The zero-order chi connectivity index (χ0) is 10.6. The lowest BCUT2D eigenvalue weighted by molar-refractivity contribution is -0.134. The standard InChI is InChI=1S/C8H17NO3S/c1-8(2,3)6(9)4-13(12)5-7(10)11/h6H,4-5,9H2,1-3H3,(H,10,11)/t6-,13?/m1/s1. The molecule has 0 saturated heterocycles. The van der Waals surface area contributed by atoms with Crippen LogP contribution in [0.5, 0.6) is 0 Å². The van der Waals surface area contributed by atoms with Gasteiger partial charge in [-0.2, -0.15) is 0 Å². The molecule has 4 nitrogen and oxygen atoms in total. The molecule has 0 bridgehead atoms. The van der Waals surface area contributed by atoms with Crippen LogP contribution in [0.2, 0.25) is 0 Å². The normalized spacial score (nSPS) is 16.7. The smallest absolute Gasteiger partial charge is 0.353 e. The Labute approximate surface area is 81.7 Å². The van der Waals surface area contributed by atoms with Gasteiger partial charge in [-0.25, -0.2) is 4.79 Å². The molecule has 13 heavy (non-hydrogen) atoms. The van der Waals surface area contributed by atoms with Crippen molar-refractivity contribution in [1.29, 1.82) is 0 Å². The van der Waals surface area contributed by atoms with Gasteiger partial charge in [-0.05, 0) is 16.6 Å². The van der Waals surface area contributed by atoms with E-state index in [1.54, 1.807) is 0 Å². The molecule has 0 aromatic rings. The van der Waals surface area contributed by atoms with Crippen LogP contribution in [0.25, 0.3) is 0 Å². The van der Waals surface area contributed by atoms with Crippen molar-refractivity contribution in [3.8, 4) is 0 Å². The third-order valence-corrected chi connectivity index (χ3v) is 3.06. The van der Waals surface area contributed by atoms with Gasteiger partial charge in [0.25, 0.3) is 0 Å². The predicted octanol–water partition coefficient (Wildman–Crippen LogP) is 0.193. The Morgan fingerprint density at radius 2 is 2.08 bits per heavy atom. The second kappa shape index (κ2) is 4.83. The minimum absolute atomic E-state index is 0.131. The van der Waals surface area contributed by atoms with E-state index in [0.29, 0.717) is 0 Å². The summed E-state index contributed by atoms with van der Waals surface area (Å²) >= 11 is -1.35. The minimum Gasteiger partial charge on any atom is -0.616 e. The van der Waals surface area contributed by atoms with Crippen LogP contribution in [0.4, 0.5) is 0 Å². The van der Waals surface area contributed by atoms with Gasteiger partial charge in [-0.3, -0.25) is 0 Å². The van der Waals surface area contributed by atoms with Crippen LogP contribution in [0.3, 0.4) is 0 Å². The van der Waals surface area contributed by atoms with E-state index in [0.717, 1.165) is 0 Å². The van der Waals surface area contributed by atoms with Crippen LogP contribution in [0, 0.1) is 5.41 Å². The SMILES string of the molecule is CC(C)(C)[C@H](N)C[S+]([O-])CC(=O)O. The first-order chi connectivity index (χ1) is 5.73. The van der Waals surface area contributed by atoms with Crippen molar-refractivity contribution in [2.24, 2.45) is 11.1 Å². The van der Waals surface area contributed by atoms with Gasteiger partial charge in [0.15, 0.2) is 0 Å². The molecular weight excluding hydrogens is 190 g/mol. The van der Waals surface area contributed by atoms with Crippen LogP contribution in [0.15, 0.2) is 0 Å². The lowest BCUT2D eigenvalue weighted by Gasteiger charge is -2.26. The van der Waals surface area contributed by atoms with Crippen molar-refractivity contribution in [1.82, 2.24) is 0 Å². The quantitative estimate of drug-likeness (QED) is 0.644. The molecule has 0 aliphatic carbocycles. The molecule has 0 fully saturated rings. The average molecular weight is 207 g/mol. The van der Waals surface area contributed by atoms with E-state index in [1.807, 2.05) is 20.8 Å². The van der Waals surface area contributed by atoms with E-state index in [9.17, 15) is 9.35 Å². The summed E-state index contributed by atoms with van der Waals surface area (Å²) in [4.78, 5) is 10.2. The average Bonchev–Trinajstić information content (AvgIpc) is 1.82. The number of carbonyl (C=O) groups is 1. The molecule has 5 heteroatoms. The number of aliphatic carboxylic acids is 1. The fourth-order valence-electron chi connectivity index (χ4n) is 0.647. The summed E-state index contributed by atoms with van der Waals surface area (Å²) in [5.41, 5.74) is 5.61. The largest absolute Gasteiger partial charge is 0.616 e. The molecule has 78 valence electrons. The van der Waals surface area contributed by atoms with Crippen LogP contribution in [0.1, 0.15) is 20.8 Å². The predicted molar refractivity (Wildman–Crippen MR) is 52.9 cm³/mol. The number of rotatable bonds is 4. The molecule has 0 rings (SSSR count). The van der Waals surface area contributed by atoms with Gasteiger partial charge in [0, 0.05) is 0 Å². The van der Waals surface area contributed by atoms with Crippen molar-refractivity contribution in [3.05, 3.63) is 0 Å². The fraction of sp³-hybridized carbons (Fsp3) is 0.875. The van der Waals surface area contributed by atoms with Crippen molar-refractivity contribution in [2.75, 3.05) is 11.5 Å². The number of nitrogens with two attached hydrogens (primary N) is 1. The summed E-state index contributed by atoms with van der Waals surface area (Å²) in [5.74, 6) is -1.11. The first kappa shape index (κ1) is 12.7. The third-order valence-electron chi connectivity index (χ3n) is 1.76. The summed E-state index contributed by atoms with van der Waals surface area (Å²) in [5, 5.41) is 8.37. The van der Waals surface area contributed by atoms with E-state index < -0.39 is 17.1 Å². The number of carboxylic acid groups (broad SMARTS) is 1. The van der Waals surface area contributed by atoms with Crippen molar-refractivity contribution < 1.29 is 14.5 Å². The van der Waals surface area contributed by atoms with Crippen LogP contribution >= 0.6 is 0 Å². The number of hydrogen-bond donors (Lipinski definition) is 2. The van der Waals surface area contributed by atoms with Gasteiger partial charge in [0.1, 0.15) is 5.75 Å². The molecule has 0 spiro atoms. The Morgan fingerprint density at radius 3 is 2.38 bits per heavy atom. The lowest BCUT2D eigenvalue weighted by atomic mass is 9.89. The monoisotopic (exact) mass is 207 g/mol. The van der Waals surface area contributed by atoms with Crippen LogP contribution < -0.4 is 5.73 Å². The van der Waals surface area contributed by atoms with Crippen LogP contribution in [-0.4, -0.2) is 33.2 Å². The molecule has 0 aliphatic rings. The molecule has 2 atom stereocenters. The van der Waals surface area contributed by atoms with Crippen molar-refractivity contribution in [2.45, 2.75) is 26.8 Å². The maximum absolute atomic E-state index is 11.2. The lowest BCUT2D eigenvalue weighted by Crippen LogP contribution is -2.42. The van der Waals surface area contributed by atoms with Crippen molar-refractivity contribution >= 4 is 17.1 Å². The second-order valence-electron chi connectivity index (χ2n) is 4.12. The first-order valence-electron chi connectivity index (χ1n) is 4.06. The molecular formula is C8H17NO3S. The van der Waals surface area contributed by atoms with Gasteiger partial charge >= 0.3 is 5.97 Å². The van der Waals surface area contributed by atoms with Gasteiger partial charge in [-0.1, -0.05) is 20.8 Å². The highest BCUT2D eigenvalue weighted by molar-refractivity contribution is 7.92. The maximum Gasteiger partial charge on any atom is 0.353 e. The fourth-order valence-corrected chi connectivity index (χ4v) is 1.94. The Morgan fingerprint density at radius 1 is 1.62 bits per heavy atom. The molecule has 0 radical (unpaired) electrons. The Kier molecular flexibility index (Phi) is 4.74. The molecule has 0 saturated carbocycles. The Bertz CT molecular complexity index is 179. The topological polar surface area (TPSA) is 86.4 Å². The molecule has 0 heterocycles.